The predicted molar refractivity (Wildman–Crippen MR) is 93.9 cm³/mol. The summed E-state index contributed by atoms with van der Waals surface area (Å²) >= 11 is 6.13. The van der Waals surface area contributed by atoms with Gasteiger partial charge in [-0.25, -0.2) is 9.18 Å². The molecule has 0 fully saturated rings. The quantitative estimate of drug-likeness (QED) is 0.512. The van der Waals surface area contributed by atoms with Crippen molar-refractivity contribution in [2.45, 2.75) is 13.5 Å². The molecule has 0 N–H and O–H groups in total. The Labute approximate surface area is 148 Å². The minimum absolute atomic E-state index is 0.151. The van der Waals surface area contributed by atoms with Crippen LogP contribution in [0.15, 0.2) is 36.4 Å². The van der Waals surface area contributed by atoms with Crippen molar-refractivity contribution in [1.29, 1.82) is 0 Å². The second-order valence-electron chi connectivity index (χ2n) is 5.71. The summed E-state index contributed by atoms with van der Waals surface area (Å²) < 4.78 is 19.8. The van der Waals surface area contributed by atoms with E-state index >= 15 is 0 Å². The maximum absolute atomic E-state index is 13.3. The Morgan fingerprint density at radius 1 is 1.28 bits per heavy atom. The molecule has 0 atom stereocenters. The molecule has 0 saturated carbocycles. The third kappa shape index (κ3) is 3.03. The molecule has 0 aliphatic heterocycles. The fourth-order valence-electron chi connectivity index (χ4n) is 2.91. The van der Waals surface area contributed by atoms with E-state index in [9.17, 15) is 14.0 Å². The number of hydrogen-bond donors (Lipinski definition) is 0. The summed E-state index contributed by atoms with van der Waals surface area (Å²) in [5.41, 5.74) is 2.73. The van der Waals surface area contributed by atoms with Crippen molar-refractivity contribution >= 4 is 34.8 Å². The molecule has 1 heterocycles. The van der Waals surface area contributed by atoms with Gasteiger partial charge in [-0.15, -0.1) is 0 Å². The van der Waals surface area contributed by atoms with Crippen LogP contribution in [0.3, 0.4) is 0 Å². The van der Waals surface area contributed by atoms with Crippen LogP contribution in [0, 0.1) is 12.7 Å². The van der Waals surface area contributed by atoms with Gasteiger partial charge >= 0.3 is 5.97 Å². The fraction of sp³-hybridized carbons (Fsp3) is 0.158. The number of hydrogen-bond acceptors (Lipinski definition) is 3. The third-order valence-electron chi connectivity index (χ3n) is 4.10. The van der Waals surface area contributed by atoms with Gasteiger partial charge in [-0.1, -0.05) is 29.8 Å². The number of nitrogens with zero attached hydrogens (tertiary/aromatic N) is 1. The van der Waals surface area contributed by atoms with Gasteiger partial charge in [0.05, 0.1) is 12.7 Å². The van der Waals surface area contributed by atoms with E-state index in [-0.39, 0.29) is 22.8 Å². The first-order valence-corrected chi connectivity index (χ1v) is 7.94. The van der Waals surface area contributed by atoms with Crippen LogP contribution in [-0.4, -0.2) is 23.9 Å². The lowest BCUT2D eigenvalue weighted by Gasteiger charge is -2.12. The maximum atomic E-state index is 13.3. The van der Waals surface area contributed by atoms with Gasteiger partial charge < -0.3 is 9.30 Å². The van der Waals surface area contributed by atoms with Gasteiger partial charge in [-0.2, -0.15) is 0 Å². The average Bonchev–Trinajstić information content (AvgIpc) is 2.89. The van der Waals surface area contributed by atoms with Gasteiger partial charge in [0.15, 0.2) is 6.29 Å². The van der Waals surface area contributed by atoms with Crippen molar-refractivity contribution in [3.05, 3.63) is 69.6 Å². The summed E-state index contributed by atoms with van der Waals surface area (Å²) in [4.78, 5) is 23.9. The molecule has 6 heteroatoms. The zero-order valence-corrected chi connectivity index (χ0v) is 14.4. The number of aryl methyl sites for hydroxylation is 1. The van der Waals surface area contributed by atoms with Crippen LogP contribution in [0.2, 0.25) is 5.02 Å². The largest absolute Gasteiger partial charge is 0.464 e. The number of aromatic nitrogens is 1. The summed E-state index contributed by atoms with van der Waals surface area (Å²) in [6.07, 6.45) is 0.646. The van der Waals surface area contributed by atoms with Crippen molar-refractivity contribution in [1.82, 2.24) is 4.57 Å². The Morgan fingerprint density at radius 2 is 2.04 bits per heavy atom. The van der Waals surface area contributed by atoms with Crippen LogP contribution >= 0.6 is 11.6 Å². The number of methoxy groups -OCH3 is 1. The summed E-state index contributed by atoms with van der Waals surface area (Å²) in [5.74, 6) is -1.06. The van der Waals surface area contributed by atoms with Gasteiger partial charge in [0.25, 0.3) is 0 Å². The molecule has 0 bridgehead atoms. The highest BCUT2D eigenvalue weighted by atomic mass is 35.5. The highest BCUT2D eigenvalue weighted by Crippen LogP contribution is 2.29. The van der Waals surface area contributed by atoms with Crippen LogP contribution in [0.5, 0.6) is 0 Å². The molecular weight excluding hydrogens is 345 g/mol. The Kier molecular flexibility index (Phi) is 4.59. The van der Waals surface area contributed by atoms with Gasteiger partial charge in [-0.05, 0) is 36.2 Å². The monoisotopic (exact) mass is 359 g/mol. The van der Waals surface area contributed by atoms with E-state index in [2.05, 4.69) is 0 Å². The molecule has 0 unspecified atom stereocenters. The molecule has 4 nitrogen and oxygen atoms in total. The number of carbonyl (C=O) groups is 2. The molecule has 3 rings (SSSR count). The van der Waals surface area contributed by atoms with E-state index < -0.39 is 11.8 Å². The Morgan fingerprint density at radius 3 is 2.68 bits per heavy atom. The van der Waals surface area contributed by atoms with E-state index in [0.717, 1.165) is 5.56 Å². The molecule has 0 aliphatic rings. The SMILES string of the molecule is COC(=O)c1c(C=O)c2ccc(C)cc2n1Cc1ccc(F)cc1Cl. The number of rotatable bonds is 4. The molecular formula is C19H15ClFNO3. The van der Waals surface area contributed by atoms with Gasteiger partial charge in [0.1, 0.15) is 11.5 Å². The first-order chi connectivity index (χ1) is 12.0. The highest BCUT2D eigenvalue weighted by molar-refractivity contribution is 6.31. The lowest BCUT2D eigenvalue weighted by atomic mass is 10.1. The predicted octanol–water partition coefficient (Wildman–Crippen LogP) is 4.39. The smallest absolute Gasteiger partial charge is 0.355 e. The first-order valence-electron chi connectivity index (χ1n) is 7.56. The van der Waals surface area contributed by atoms with Crippen LogP contribution in [-0.2, 0) is 11.3 Å². The Balaban J connectivity index is 2.29. The topological polar surface area (TPSA) is 48.3 Å². The van der Waals surface area contributed by atoms with Crippen molar-refractivity contribution < 1.29 is 18.7 Å². The minimum Gasteiger partial charge on any atom is -0.464 e. The Bertz CT molecular complexity index is 994. The number of halogens is 2. The van der Waals surface area contributed by atoms with Crippen molar-refractivity contribution in [2.24, 2.45) is 0 Å². The summed E-state index contributed by atoms with van der Waals surface area (Å²) in [5, 5.41) is 0.900. The van der Waals surface area contributed by atoms with Crippen molar-refractivity contribution in [3.8, 4) is 0 Å². The molecule has 128 valence electrons. The second-order valence-corrected chi connectivity index (χ2v) is 6.12. The number of esters is 1. The van der Waals surface area contributed by atoms with Crippen molar-refractivity contribution in [2.75, 3.05) is 7.11 Å². The zero-order valence-electron chi connectivity index (χ0n) is 13.7. The number of fused-ring (bicyclic) bond motifs is 1. The van der Waals surface area contributed by atoms with Crippen molar-refractivity contribution in [3.63, 3.8) is 0 Å². The molecule has 0 aliphatic carbocycles. The molecule has 0 saturated heterocycles. The lowest BCUT2D eigenvalue weighted by molar-refractivity contribution is 0.0587. The number of aldehydes is 1. The molecule has 25 heavy (non-hydrogen) atoms. The Hall–Kier alpha value is -2.66. The van der Waals surface area contributed by atoms with E-state index in [1.54, 1.807) is 16.7 Å². The van der Waals surface area contributed by atoms with Crippen LogP contribution in [0.1, 0.15) is 32.0 Å². The van der Waals surface area contributed by atoms with E-state index in [1.165, 1.54) is 19.2 Å². The number of carbonyl (C=O) groups excluding carboxylic acids is 2. The fourth-order valence-corrected chi connectivity index (χ4v) is 3.13. The summed E-state index contributed by atoms with van der Waals surface area (Å²) in [6.45, 7) is 2.12. The standard InChI is InChI=1S/C19H15ClFNO3/c1-11-3-6-14-15(10-23)18(19(24)25-2)22(17(14)7-11)9-12-4-5-13(21)8-16(12)20/h3-8,10H,9H2,1-2H3. The van der Waals surface area contributed by atoms with Gasteiger partial charge in [-0.3, -0.25) is 4.79 Å². The third-order valence-corrected chi connectivity index (χ3v) is 4.45. The summed E-state index contributed by atoms with van der Waals surface area (Å²) in [6, 6.07) is 9.62. The highest BCUT2D eigenvalue weighted by Gasteiger charge is 2.23. The maximum Gasteiger partial charge on any atom is 0.355 e. The lowest BCUT2D eigenvalue weighted by Crippen LogP contribution is -2.13. The second kappa shape index (κ2) is 6.69. The molecule has 0 spiro atoms. The molecule has 0 amide bonds. The molecule has 2 aromatic carbocycles. The van der Waals surface area contributed by atoms with Crippen LogP contribution in [0.25, 0.3) is 10.9 Å². The number of ether oxygens (including phenoxy) is 1. The molecule has 3 aromatic rings. The minimum atomic E-state index is -0.616. The summed E-state index contributed by atoms with van der Waals surface area (Å²) in [7, 11) is 1.26. The molecule has 1 aromatic heterocycles. The van der Waals surface area contributed by atoms with E-state index in [4.69, 9.17) is 16.3 Å². The molecule has 0 radical (unpaired) electrons. The first kappa shape index (κ1) is 17.2. The van der Waals surface area contributed by atoms with Gasteiger partial charge in [0, 0.05) is 22.5 Å². The zero-order chi connectivity index (χ0) is 18.1. The van der Waals surface area contributed by atoms with Crippen LogP contribution in [0.4, 0.5) is 4.39 Å². The van der Waals surface area contributed by atoms with E-state index in [0.29, 0.717) is 22.8 Å². The van der Waals surface area contributed by atoms with Gasteiger partial charge in [0.2, 0.25) is 0 Å². The average molecular weight is 360 g/mol. The van der Waals surface area contributed by atoms with Crippen LogP contribution < -0.4 is 0 Å². The number of benzene rings is 2. The van der Waals surface area contributed by atoms with E-state index in [1.807, 2.05) is 19.1 Å². The normalized spacial score (nSPS) is 10.9.